The fraction of sp³-hybridized carbons (Fsp3) is 0.500. The molecule has 2 nitrogen and oxygen atoms in total. The minimum atomic E-state index is 0.368. The van der Waals surface area contributed by atoms with E-state index in [2.05, 4.69) is 12.2 Å². The largest absolute Gasteiger partial charge is 0.508 e. The Hall–Kier alpha value is -1.02. The zero-order chi connectivity index (χ0) is 10.8. The van der Waals surface area contributed by atoms with Crippen LogP contribution in [-0.2, 0) is 0 Å². The lowest BCUT2D eigenvalue weighted by Gasteiger charge is -1.92. The molecule has 0 unspecified atom stereocenters. The Morgan fingerprint density at radius 1 is 1.29 bits per heavy atom. The first-order valence-electron chi connectivity index (χ1n) is 5.11. The third-order valence-electron chi connectivity index (χ3n) is 1.90. The van der Waals surface area contributed by atoms with E-state index in [4.69, 9.17) is 5.11 Å². The van der Waals surface area contributed by atoms with Crippen molar-refractivity contribution in [3.8, 4) is 5.75 Å². The number of aromatic hydroxyl groups is 1. The molecule has 0 radical (unpaired) electrons. The van der Waals surface area contributed by atoms with E-state index in [-0.39, 0.29) is 0 Å². The van der Waals surface area contributed by atoms with E-state index in [1.165, 1.54) is 12.8 Å². The van der Waals surface area contributed by atoms with Gasteiger partial charge in [-0.1, -0.05) is 31.5 Å². The first-order chi connectivity index (χ1) is 6.72. The molecular weight excluding hydrogens is 174 g/mol. The molecule has 1 aromatic rings. The van der Waals surface area contributed by atoms with Gasteiger partial charge >= 0.3 is 0 Å². The molecule has 14 heavy (non-hydrogen) atoms. The van der Waals surface area contributed by atoms with Crippen LogP contribution in [0.4, 0.5) is 0 Å². The molecule has 0 saturated heterocycles. The maximum absolute atomic E-state index is 8.92. The summed E-state index contributed by atoms with van der Waals surface area (Å²) in [6, 6.07) is 7.25. The molecule has 0 heterocycles. The van der Waals surface area contributed by atoms with Crippen LogP contribution in [0.2, 0.25) is 0 Å². The lowest BCUT2D eigenvalue weighted by atomic mass is 10.2. The molecule has 80 valence electrons. The van der Waals surface area contributed by atoms with E-state index in [0.29, 0.717) is 5.75 Å². The summed E-state index contributed by atoms with van der Waals surface area (Å²) in [5.41, 5.74) is 0.924. The van der Waals surface area contributed by atoms with Crippen LogP contribution < -0.4 is 5.32 Å². The molecule has 2 N–H and O–H groups in total. The smallest absolute Gasteiger partial charge is 0.118 e. The fourth-order valence-electron chi connectivity index (χ4n) is 0.917. The number of phenolic OH excluding ortho intramolecular Hbond substituents is 1. The van der Waals surface area contributed by atoms with Gasteiger partial charge in [0.25, 0.3) is 0 Å². The summed E-state index contributed by atoms with van der Waals surface area (Å²) in [7, 11) is 1.98. The van der Waals surface area contributed by atoms with Crippen molar-refractivity contribution in [2.45, 2.75) is 26.7 Å². The molecule has 0 amide bonds. The maximum atomic E-state index is 8.92. The highest BCUT2D eigenvalue weighted by Crippen LogP contribution is 2.12. The van der Waals surface area contributed by atoms with Crippen molar-refractivity contribution in [1.29, 1.82) is 0 Å². The molecule has 0 saturated carbocycles. The summed E-state index contributed by atoms with van der Waals surface area (Å²) < 4.78 is 0. The van der Waals surface area contributed by atoms with Crippen LogP contribution in [-0.4, -0.2) is 18.7 Å². The van der Waals surface area contributed by atoms with Gasteiger partial charge in [0.15, 0.2) is 0 Å². The van der Waals surface area contributed by atoms with Crippen LogP contribution in [0.25, 0.3) is 0 Å². The summed E-state index contributed by atoms with van der Waals surface area (Å²) in [6.07, 6.45) is 2.59. The normalized spacial score (nSPS) is 9.07. The molecule has 0 fully saturated rings. The van der Waals surface area contributed by atoms with Crippen molar-refractivity contribution < 1.29 is 5.11 Å². The Morgan fingerprint density at radius 2 is 1.93 bits per heavy atom. The second kappa shape index (κ2) is 8.57. The number of para-hydroxylation sites is 1. The second-order valence-electron chi connectivity index (χ2n) is 3.24. The van der Waals surface area contributed by atoms with Gasteiger partial charge in [-0.25, -0.2) is 0 Å². The standard InChI is InChI=1S/C7H8O.C5H13N/c1-6-4-2-3-5-7(6)8;1-3-4-5-6-2/h2-5,8H,1H3;6H,3-5H2,1-2H3. The summed E-state index contributed by atoms with van der Waals surface area (Å²) >= 11 is 0. The van der Waals surface area contributed by atoms with Crippen molar-refractivity contribution in [1.82, 2.24) is 5.32 Å². The number of hydrogen-bond acceptors (Lipinski definition) is 2. The molecule has 0 spiro atoms. The van der Waals surface area contributed by atoms with Crippen LogP contribution in [0.15, 0.2) is 24.3 Å². The van der Waals surface area contributed by atoms with Crippen LogP contribution in [0.3, 0.4) is 0 Å². The van der Waals surface area contributed by atoms with Crippen molar-refractivity contribution in [3.63, 3.8) is 0 Å². The third kappa shape index (κ3) is 6.49. The summed E-state index contributed by atoms with van der Waals surface area (Å²) in [4.78, 5) is 0. The van der Waals surface area contributed by atoms with Gasteiger partial charge < -0.3 is 10.4 Å². The maximum Gasteiger partial charge on any atom is 0.118 e. The molecule has 0 atom stereocenters. The predicted molar refractivity (Wildman–Crippen MR) is 61.7 cm³/mol. The zero-order valence-electron chi connectivity index (χ0n) is 9.38. The van der Waals surface area contributed by atoms with Crippen LogP contribution in [0, 0.1) is 6.92 Å². The lowest BCUT2D eigenvalue weighted by Crippen LogP contribution is -2.06. The molecule has 0 aliphatic rings. The van der Waals surface area contributed by atoms with Crippen molar-refractivity contribution in [3.05, 3.63) is 29.8 Å². The fourth-order valence-corrected chi connectivity index (χ4v) is 0.917. The highest BCUT2D eigenvalue weighted by Gasteiger charge is 1.86. The van der Waals surface area contributed by atoms with Crippen LogP contribution in [0.1, 0.15) is 25.3 Å². The highest BCUT2D eigenvalue weighted by atomic mass is 16.3. The minimum absolute atomic E-state index is 0.368. The van der Waals surface area contributed by atoms with Crippen molar-refractivity contribution >= 4 is 0 Å². The quantitative estimate of drug-likeness (QED) is 0.727. The van der Waals surface area contributed by atoms with Gasteiger partial charge in [0.1, 0.15) is 5.75 Å². The topological polar surface area (TPSA) is 32.3 Å². The lowest BCUT2D eigenvalue weighted by molar-refractivity contribution is 0.471. The van der Waals surface area contributed by atoms with Gasteiger partial charge in [-0.3, -0.25) is 0 Å². The van der Waals surface area contributed by atoms with E-state index < -0.39 is 0 Å². The number of unbranched alkanes of at least 4 members (excludes halogenated alkanes) is 1. The van der Waals surface area contributed by atoms with E-state index in [0.717, 1.165) is 12.1 Å². The SMILES string of the molecule is CCCCNC.Cc1ccccc1O. The summed E-state index contributed by atoms with van der Waals surface area (Å²) in [5.74, 6) is 0.368. The average Bonchev–Trinajstić information content (AvgIpc) is 2.20. The number of phenols is 1. The van der Waals surface area contributed by atoms with E-state index in [1.807, 2.05) is 32.2 Å². The highest BCUT2D eigenvalue weighted by molar-refractivity contribution is 5.29. The summed E-state index contributed by atoms with van der Waals surface area (Å²) in [6.45, 7) is 5.23. The van der Waals surface area contributed by atoms with Gasteiger partial charge in [-0.15, -0.1) is 0 Å². The number of rotatable bonds is 3. The average molecular weight is 195 g/mol. The van der Waals surface area contributed by atoms with Gasteiger partial charge in [-0.05, 0) is 38.6 Å². The first-order valence-corrected chi connectivity index (χ1v) is 5.11. The van der Waals surface area contributed by atoms with E-state index in [1.54, 1.807) is 6.07 Å². The van der Waals surface area contributed by atoms with Crippen molar-refractivity contribution in [2.75, 3.05) is 13.6 Å². The molecule has 2 heteroatoms. The van der Waals surface area contributed by atoms with Gasteiger partial charge in [-0.2, -0.15) is 0 Å². The minimum Gasteiger partial charge on any atom is -0.508 e. The first kappa shape index (κ1) is 13.0. The Balaban J connectivity index is 0.000000255. The molecule has 0 aromatic heterocycles. The molecule has 0 bridgehead atoms. The third-order valence-corrected chi connectivity index (χ3v) is 1.90. The van der Waals surface area contributed by atoms with Crippen molar-refractivity contribution in [2.24, 2.45) is 0 Å². The summed E-state index contributed by atoms with van der Waals surface area (Å²) in [5, 5.41) is 12.0. The molecule has 1 aromatic carbocycles. The Kier molecular flexibility index (Phi) is 7.95. The Bertz CT molecular complexity index is 211. The van der Waals surface area contributed by atoms with Crippen LogP contribution >= 0.6 is 0 Å². The van der Waals surface area contributed by atoms with Gasteiger partial charge in [0.05, 0.1) is 0 Å². The monoisotopic (exact) mass is 195 g/mol. The van der Waals surface area contributed by atoms with Crippen LogP contribution in [0.5, 0.6) is 5.75 Å². The number of nitrogens with one attached hydrogen (secondary N) is 1. The second-order valence-corrected chi connectivity index (χ2v) is 3.24. The number of hydrogen-bond donors (Lipinski definition) is 2. The Morgan fingerprint density at radius 3 is 2.21 bits per heavy atom. The molecular formula is C12H21NO. The zero-order valence-corrected chi connectivity index (χ0v) is 9.38. The number of benzene rings is 1. The van der Waals surface area contributed by atoms with E-state index >= 15 is 0 Å². The molecule has 0 aliphatic heterocycles. The molecule has 0 aliphatic carbocycles. The molecule has 1 rings (SSSR count). The number of aryl methyl sites for hydroxylation is 1. The predicted octanol–water partition coefficient (Wildman–Crippen LogP) is 2.71. The Labute approximate surface area is 87.0 Å². The van der Waals surface area contributed by atoms with Gasteiger partial charge in [0, 0.05) is 0 Å². The van der Waals surface area contributed by atoms with E-state index in [9.17, 15) is 0 Å². The van der Waals surface area contributed by atoms with Gasteiger partial charge in [0.2, 0.25) is 0 Å².